The van der Waals surface area contributed by atoms with E-state index in [2.05, 4.69) is 9.71 Å². The van der Waals surface area contributed by atoms with Crippen LogP contribution in [0.4, 0.5) is 0 Å². The molecule has 0 saturated carbocycles. The number of hydrogen-bond acceptors (Lipinski definition) is 6. The Bertz CT molecular complexity index is 1060. The lowest BCUT2D eigenvalue weighted by molar-refractivity contribution is -0.142. The van der Waals surface area contributed by atoms with Crippen LogP contribution in [0.5, 0.6) is 0 Å². The van der Waals surface area contributed by atoms with Crippen LogP contribution in [0, 0.1) is 6.92 Å². The van der Waals surface area contributed by atoms with Crippen molar-refractivity contribution in [3.63, 3.8) is 0 Å². The predicted molar refractivity (Wildman–Crippen MR) is 113 cm³/mol. The van der Waals surface area contributed by atoms with Crippen molar-refractivity contribution in [1.82, 2.24) is 4.72 Å². The van der Waals surface area contributed by atoms with Crippen LogP contribution >= 0.6 is 0 Å². The van der Waals surface area contributed by atoms with Crippen molar-refractivity contribution in [3.8, 4) is 0 Å². The number of aryl methyl sites for hydroxylation is 1. The van der Waals surface area contributed by atoms with Crippen LogP contribution in [0.2, 0.25) is 0 Å². The molecule has 0 saturated heterocycles. The van der Waals surface area contributed by atoms with Crippen LogP contribution in [0.25, 0.3) is 0 Å². The molecule has 0 aromatic heterocycles. The first-order valence-electron chi connectivity index (χ1n) is 9.79. The summed E-state index contributed by atoms with van der Waals surface area (Å²) in [4.78, 5) is 28.4. The van der Waals surface area contributed by atoms with Gasteiger partial charge in [-0.3, -0.25) is 19.3 Å². The lowest BCUT2D eigenvalue weighted by Gasteiger charge is -2.05. The molecule has 0 aliphatic carbocycles. The fraction of sp³-hybridized carbons (Fsp3) is 0.318. The summed E-state index contributed by atoms with van der Waals surface area (Å²) in [6.07, 6.45) is 2.30. The largest absolute Gasteiger partial charge is 0.457 e. The second kappa shape index (κ2) is 9.67. The van der Waals surface area contributed by atoms with Gasteiger partial charge in [0.05, 0.1) is 4.90 Å². The summed E-state index contributed by atoms with van der Waals surface area (Å²) >= 11 is 0. The van der Waals surface area contributed by atoms with Crippen LogP contribution in [-0.2, 0) is 19.6 Å². The molecule has 0 atom stereocenters. The maximum absolute atomic E-state index is 12.0. The molecular formula is C22H24N2O5S. The molecule has 0 radical (unpaired) electrons. The molecule has 7 nitrogen and oxygen atoms in total. The average Bonchev–Trinajstić information content (AvgIpc) is 3.00. The molecule has 0 fully saturated rings. The molecule has 1 N–H and O–H groups in total. The predicted octanol–water partition coefficient (Wildman–Crippen LogP) is 3.02. The minimum absolute atomic E-state index is 0.224. The Kier molecular flexibility index (Phi) is 6.99. The van der Waals surface area contributed by atoms with E-state index < -0.39 is 16.0 Å². The SMILES string of the molecule is Cc1ccc(C(=O)COC(=O)CCCCCN=C2NS(=O)(=O)c3ccccc32)cc1. The number of ether oxygens (including phenoxy) is 1. The van der Waals surface area contributed by atoms with Crippen molar-refractivity contribution >= 4 is 27.6 Å². The highest BCUT2D eigenvalue weighted by atomic mass is 32.2. The van der Waals surface area contributed by atoms with E-state index in [0.717, 1.165) is 12.0 Å². The molecule has 2 aromatic carbocycles. The number of aliphatic imine (C=N–C) groups is 1. The van der Waals surface area contributed by atoms with Gasteiger partial charge in [0.25, 0.3) is 10.0 Å². The molecular weight excluding hydrogens is 404 g/mol. The molecule has 0 spiro atoms. The maximum atomic E-state index is 12.0. The number of hydrogen-bond donors (Lipinski definition) is 1. The number of unbranched alkanes of at least 4 members (excludes halogenated alkanes) is 2. The van der Waals surface area contributed by atoms with Gasteiger partial charge in [-0.2, -0.15) is 0 Å². The van der Waals surface area contributed by atoms with E-state index in [0.29, 0.717) is 36.3 Å². The summed E-state index contributed by atoms with van der Waals surface area (Å²) in [5, 5.41) is 0. The average molecular weight is 429 g/mol. The number of nitrogens with zero attached hydrogens (tertiary/aromatic N) is 1. The first-order chi connectivity index (χ1) is 14.4. The maximum Gasteiger partial charge on any atom is 0.306 e. The first kappa shape index (κ1) is 21.7. The fourth-order valence-corrected chi connectivity index (χ4v) is 4.29. The molecule has 0 unspecified atom stereocenters. The van der Waals surface area contributed by atoms with Gasteiger partial charge in [-0.15, -0.1) is 0 Å². The molecule has 1 aliphatic heterocycles. The highest BCUT2D eigenvalue weighted by Crippen LogP contribution is 2.22. The van der Waals surface area contributed by atoms with E-state index in [4.69, 9.17) is 4.74 Å². The summed E-state index contributed by atoms with van der Waals surface area (Å²) in [6, 6.07) is 13.8. The number of rotatable bonds is 9. The van der Waals surface area contributed by atoms with Crippen LogP contribution in [0.3, 0.4) is 0 Å². The van der Waals surface area contributed by atoms with Crippen LogP contribution in [-0.4, -0.2) is 39.2 Å². The smallest absolute Gasteiger partial charge is 0.306 e. The van der Waals surface area contributed by atoms with E-state index in [1.165, 1.54) is 0 Å². The normalized spacial score (nSPS) is 15.4. The summed E-state index contributed by atoms with van der Waals surface area (Å²) in [7, 11) is -3.52. The third-order valence-corrected chi connectivity index (χ3v) is 6.11. The number of carbonyl (C=O) groups excluding carboxylic acids is 2. The van der Waals surface area contributed by atoms with Crippen molar-refractivity contribution < 1.29 is 22.7 Å². The lowest BCUT2D eigenvalue weighted by Crippen LogP contribution is -2.22. The van der Waals surface area contributed by atoms with Crippen molar-refractivity contribution in [2.45, 2.75) is 37.5 Å². The third kappa shape index (κ3) is 5.54. The molecule has 30 heavy (non-hydrogen) atoms. The van der Waals surface area contributed by atoms with Gasteiger partial charge in [0.15, 0.2) is 12.4 Å². The zero-order valence-corrected chi connectivity index (χ0v) is 17.6. The minimum atomic E-state index is -3.52. The van der Waals surface area contributed by atoms with Crippen molar-refractivity contribution in [2.75, 3.05) is 13.2 Å². The Morgan fingerprint density at radius 1 is 1.00 bits per heavy atom. The fourth-order valence-electron chi connectivity index (χ4n) is 3.04. The number of fused-ring (bicyclic) bond motifs is 1. The molecule has 2 aromatic rings. The number of benzene rings is 2. The van der Waals surface area contributed by atoms with E-state index in [1.807, 2.05) is 19.1 Å². The van der Waals surface area contributed by atoms with Gasteiger partial charge in [-0.25, -0.2) is 8.42 Å². The second-order valence-corrected chi connectivity index (χ2v) is 8.74. The standard InChI is InChI=1S/C22H24N2O5S/c1-16-10-12-17(13-11-16)19(25)15-29-21(26)9-3-2-6-14-23-22-18-7-4-5-8-20(18)30(27,28)24-22/h4-5,7-8,10-13H,2-3,6,9,14-15H2,1H3,(H,23,24). The van der Waals surface area contributed by atoms with Gasteiger partial charge in [0, 0.05) is 24.1 Å². The minimum Gasteiger partial charge on any atom is -0.457 e. The van der Waals surface area contributed by atoms with Gasteiger partial charge in [-0.1, -0.05) is 48.4 Å². The topological polar surface area (TPSA) is 102 Å². The van der Waals surface area contributed by atoms with Gasteiger partial charge in [-0.05, 0) is 31.9 Å². The molecule has 0 amide bonds. The number of amidine groups is 1. The number of nitrogens with one attached hydrogen (secondary N) is 1. The van der Waals surface area contributed by atoms with E-state index >= 15 is 0 Å². The second-order valence-electron chi connectivity index (χ2n) is 7.09. The molecule has 8 heteroatoms. The van der Waals surface area contributed by atoms with Crippen LogP contribution < -0.4 is 4.72 Å². The highest BCUT2D eigenvalue weighted by Gasteiger charge is 2.29. The lowest BCUT2D eigenvalue weighted by atomic mass is 10.1. The van der Waals surface area contributed by atoms with Crippen LogP contribution in [0.15, 0.2) is 58.4 Å². The summed E-state index contributed by atoms with van der Waals surface area (Å²) in [5.74, 6) is -0.266. The number of sulfonamides is 1. The monoisotopic (exact) mass is 428 g/mol. The van der Waals surface area contributed by atoms with Gasteiger partial charge in [0.2, 0.25) is 0 Å². The number of carbonyl (C=O) groups is 2. The van der Waals surface area contributed by atoms with Crippen LogP contribution in [0.1, 0.15) is 47.2 Å². The summed E-state index contributed by atoms with van der Waals surface area (Å²) in [5.41, 5.74) is 2.17. The zero-order valence-electron chi connectivity index (χ0n) is 16.8. The summed E-state index contributed by atoms with van der Waals surface area (Å²) in [6.45, 7) is 2.13. The number of esters is 1. The number of Topliss-reactive ketones (excluding diaryl/α,β-unsaturated/α-hetero) is 1. The Balaban J connectivity index is 1.35. The molecule has 1 aliphatic rings. The Morgan fingerprint density at radius 2 is 1.73 bits per heavy atom. The zero-order chi connectivity index (χ0) is 21.6. The highest BCUT2D eigenvalue weighted by molar-refractivity contribution is 7.90. The van der Waals surface area contributed by atoms with Gasteiger partial charge in [0.1, 0.15) is 5.84 Å². The molecule has 158 valence electrons. The quantitative estimate of drug-likeness (QED) is 0.376. The van der Waals surface area contributed by atoms with Crippen molar-refractivity contribution in [1.29, 1.82) is 0 Å². The molecule has 1 heterocycles. The van der Waals surface area contributed by atoms with E-state index in [-0.39, 0.29) is 23.7 Å². The van der Waals surface area contributed by atoms with Crippen molar-refractivity contribution in [3.05, 3.63) is 65.2 Å². The Labute approximate surface area is 176 Å². The van der Waals surface area contributed by atoms with E-state index in [1.54, 1.807) is 36.4 Å². The molecule has 3 rings (SSSR count). The molecule has 0 bridgehead atoms. The van der Waals surface area contributed by atoms with Gasteiger partial charge >= 0.3 is 5.97 Å². The van der Waals surface area contributed by atoms with E-state index in [9.17, 15) is 18.0 Å². The van der Waals surface area contributed by atoms with Crippen molar-refractivity contribution in [2.24, 2.45) is 4.99 Å². The van der Waals surface area contributed by atoms with Gasteiger partial charge < -0.3 is 4.74 Å². The summed E-state index contributed by atoms with van der Waals surface area (Å²) < 4.78 is 31.6. The number of ketones is 1. The third-order valence-electron chi connectivity index (χ3n) is 4.71. The Morgan fingerprint density at radius 3 is 2.50 bits per heavy atom. The Hall–Kier alpha value is -3.00. The first-order valence-corrected chi connectivity index (χ1v) is 11.3.